The Morgan fingerprint density at radius 3 is 2.69 bits per heavy atom. The third kappa shape index (κ3) is 4.84. The Kier molecular flexibility index (Phi) is 5.77. The molecule has 2 atom stereocenters. The molecule has 0 saturated heterocycles. The molecule has 1 aliphatic rings. The van der Waals surface area contributed by atoms with Crippen LogP contribution in [-0.2, 0) is 0 Å². The number of rotatable bonds is 5. The summed E-state index contributed by atoms with van der Waals surface area (Å²) in [5.41, 5.74) is -0.432. The molecule has 0 amide bonds. The SMILES string of the molecule is CCC1CCCC(O)(CNCC(C)C)CC1. The molecule has 16 heavy (non-hydrogen) atoms. The second kappa shape index (κ2) is 6.61. The predicted octanol–water partition coefficient (Wildman–Crippen LogP) is 2.95. The van der Waals surface area contributed by atoms with Crippen molar-refractivity contribution < 1.29 is 5.11 Å². The van der Waals surface area contributed by atoms with E-state index in [4.69, 9.17) is 0 Å². The smallest absolute Gasteiger partial charge is 0.0771 e. The molecular weight excluding hydrogens is 198 g/mol. The Morgan fingerprint density at radius 2 is 2.06 bits per heavy atom. The van der Waals surface area contributed by atoms with Crippen molar-refractivity contribution in [3.63, 3.8) is 0 Å². The molecule has 1 aliphatic carbocycles. The number of nitrogens with one attached hydrogen (secondary N) is 1. The summed E-state index contributed by atoms with van der Waals surface area (Å²) in [5, 5.41) is 13.9. The topological polar surface area (TPSA) is 32.3 Å². The van der Waals surface area contributed by atoms with Gasteiger partial charge >= 0.3 is 0 Å². The number of aliphatic hydroxyl groups is 1. The van der Waals surface area contributed by atoms with E-state index in [0.717, 1.165) is 31.8 Å². The summed E-state index contributed by atoms with van der Waals surface area (Å²) in [4.78, 5) is 0. The maximum absolute atomic E-state index is 10.5. The Bertz CT molecular complexity index is 193. The van der Waals surface area contributed by atoms with Gasteiger partial charge in [-0.1, -0.05) is 40.0 Å². The third-order valence-electron chi connectivity index (χ3n) is 3.86. The van der Waals surface area contributed by atoms with Crippen LogP contribution in [0.15, 0.2) is 0 Å². The predicted molar refractivity (Wildman–Crippen MR) is 69.5 cm³/mol. The maximum Gasteiger partial charge on any atom is 0.0771 e. The minimum absolute atomic E-state index is 0.432. The average molecular weight is 227 g/mol. The van der Waals surface area contributed by atoms with Gasteiger partial charge in [-0.25, -0.2) is 0 Å². The molecule has 1 rings (SSSR count). The van der Waals surface area contributed by atoms with Crippen molar-refractivity contribution in [1.82, 2.24) is 5.32 Å². The summed E-state index contributed by atoms with van der Waals surface area (Å²) in [6, 6.07) is 0. The first-order valence-electron chi connectivity index (χ1n) is 6.99. The largest absolute Gasteiger partial charge is 0.389 e. The van der Waals surface area contributed by atoms with Gasteiger partial charge < -0.3 is 10.4 Å². The van der Waals surface area contributed by atoms with E-state index < -0.39 is 5.60 Å². The van der Waals surface area contributed by atoms with Crippen LogP contribution in [0.4, 0.5) is 0 Å². The van der Waals surface area contributed by atoms with Gasteiger partial charge in [0.15, 0.2) is 0 Å². The monoisotopic (exact) mass is 227 g/mol. The zero-order chi connectivity index (χ0) is 12.0. The van der Waals surface area contributed by atoms with E-state index in [0.29, 0.717) is 5.92 Å². The van der Waals surface area contributed by atoms with E-state index in [1.54, 1.807) is 0 Å². The van der Waals surface area contributed by atoms with Gasteiger partial charge in [0.2, 0.25) is 0 Å². The van der Waals surface area contributed by atoms with Crippen LogP contribution in [-0.4, -0.2) is 23.8 Å². The third-order valence-corrected chi connectivity index (χ3v) is 3.86. The molecule has 0 aromatic heterocycles. The quantitative estimate of drug-likeness (QED) is 0.708. The highest BCUT2D eigenvalue weighted by Gasteiger charge is 2.29. The molecule has 0 bridgehead atoms. The lowest BCUT2D eigenvalue weighted by molar-refractivity contribution is 0.0238. The minimum Gasteiger partial charge on any atom is -0.389 e. The maximum atomic E-state index is 10.5. The lowest BCUT2D eigenvalue weighted by Crippen LogP contribution is -2.41. The first kappa shape index (κ1) is 14.0. The van der Waals surface area contributed by atoms with Crippen LogP contribution in [0.2, 0.25) is 0 Å². The lowest BCUT2D eigenvalue weighted by Gasteiger charge is -2.27. The van der Waals surface area contributed by atoms with E-state index in [2.05, 4.69) is 26.1 Å². The van der Waals surface area contributed by atoms with Crippen molar-refractivity contribution in [2.75, 3.05) is 13.1 Å². The van der Waals surface area contributed by atoms with Gasteiger partial charge in [-0.05, 0) is 37.6 Å². The zero-order valence-electron chi connectivity index (χ0n) is 11.3. The fourth-order valence-corrected chi connectivity index (χ4v) is 2.64. The fraction of sp³-hybridized carbons (Fsp3) is 1.00. The van der Waals surface area contributed by atoms with Crippen molar-refractivity contribution >= 4 is 0 Å². The Balaban J connectivity index is 2.32. The van der Waals surface area contributed by atoms with Gasteiger partial charge in [0.25, 0.3) is 0 Å². The van der Waals surface area contributed by atoms with Crippen LogP contribution in [0.1, 0.15) is 59.3 Å². The van der Waals surface area contributed by atoms with E-state index in [-0.39, 0.29) is 0 Å². The summed E-state index contributed by atoms with van der Waals surface area (Å²) in [6.45, 7) is 8.47. The first-order chi connectivity index (χ1) is 7.56. The van der Waals surface area contributed by atoms with Crippen LogP contribution in [0, 0.1) is 11.8 Å². The van der Waals surface area contributed by atoms with Gasteiger partial charge in [0.1, 0.15) is 0 Å². The molecule has 0 radical (unpaired) electrons. The molecule has 0 aromatic rings. The van der Waals surface area contributed by atoms with E-state index in [1.165, 1.54) is 25.7 Å². The molecular formula is C14H29NO. The van der Waals surface area contributed by atoms with Crippen molar-refractivity contribution in [2.45, 2.75) is 64.9 Å². The summed E-state index contributed by atoms with van der Waals surface area (Å²) in [5.74, 6) is 1.51. The zero-order valence-corrected chi connectivity index (χ0v) is 11.3. The van der Waals surface area contributed by atoms with E-state index in [1.807, 2.05) is 0 Å². The molecule has 2 nitrogen and oxygen atoms in total. The standard InChI is InChI=1S/C14H29NO/c1-4-13-6-5-8-14(16,9-7-13)11-15-10-12(2)3/h12-13,15-16H,4-11H2,1-3H3. The van der Waals surface area contributed by atoms with Crippen LogP contribution in [0.3, 0.4) is 0 Å². The molecule has 0 aliphatic heterocycles. The lowest BCUT2D eigenvalue weighted by atomic mass is 9.93. The normalized spacial score (nSPS) is 31.7. The Morgan fingerprint density at radius 1 is 1.31 bits per heavy atom. The second-order valence-corrected chi connectivity index (χ2v) is 5.95. The summed E-state index contributed by atoms with van der Waals surface area (Å²) in [7, 11) is 0. The molecule has 0 spiro atoms. The molecule has 2 heteroatoms. The molecule has 1 saturated carbocycles. The van der Waals surface area contributed by atoms with Crippen molar-refractivity contribution in [2.24, 2.45) is 11.8 Å². The van der Waals surface area contributed by atoms with Crippen LogP contribution in [0.5, 0.6) is 0 Å². The molecule has 2 unspecified atom stereocenters. The Hall–Kier alpha value is -0.0800. The second-order valence-electron chi connectivity index (χ2n) is 5.95. The number of hydrogen-bond donors (Lipinski definition) is 2. The van der Waals surface area contributed by atoms with E-state index >= 15 is 0 Å². The van der Waals surface area contributed by atoms with Crippen molar-refractivity contribution in [1.29, 1.82) is 0 Å². The molecule has 0 heterocycles. The van der Waals surface area contributed by atoms with Crippen LogP contribution in [0.25, 0.3) is 0 Å². The summed E-state index contributed by atoms with van der Waals surface area (Å²) < 4.78 is 0. The van der Waals surface area contributed by atoms with Crippen LogP contribution >= 0.6 is 0 Å². The molecule has 2 N–H and O–H groups in total. The average Bonchev–Trinajstić information content (AvgIpc) is 2.40. The minimum atomic E-state index is -0.432. The summed E-state index contributed by atoms with van der Waals surface area (Å²) >= 11 is 0. The van der Waals surface area contributed by atoms with E-state index in [9.17, 15) is 5.11 Å². The Labute approximate surface area is 101 Å². The number of hydrogen-bond acceptors (Lipinski definition) is 2. The highest BCUT2D eigenvalue weighted by atomic mass is 16.3. The van der Waals surface area contributed by atoms with Gasteiger partial charge in [0.05, 0.1) is 5.60 Å². The first-order valence-corrected chi connectivity index (χ1v) is 6.99. The van der Waals surface area contributed by atoms with Crippen molar-refractivity contribution in [3.8, 4) is 0 Å². The van der Waals surface area contributed by atoms with Crippen molar-refractivity contribution in [3.05, 3.63) is 0 Å². The fourth-order valence-electron chi connectivity index (χ4n) is 2.64. The van der Waals surface area contributed by atoms with Crippen LogP contribution < -0.4 is 5.32 Å². The molecule has 96 valence electrons. The van der Waals surface area contributed by atoms with Gasteiger partial charge in [-0.3, -0.25) is 0 Å². The molecule has 1 fully saturated rings. The van der Waals surface area contributed by atoms with Gasteiger partial charge in [-0.15, -0.1) is 0 Å². The molecule has 0 aromatic carbocycles. The highest BCUT2D eigenvalue weighted by molar-refractivity contribution is 4.85. The summed E-state index contributed by atoms with van der Waals surface area (Å²) in [6.07, 6.45) is 6.94. The van der Waals surface area contributed by atoms with Gasteiger partial charge in [0, 0.05) is 6.54 Å². The van der Waals surface area contributed by atoms with Gasteiger partial charge in [-0.2, -0.15) is 0 Å². The highest BCUT2D eigenvalue weighted by Crippen LogP contribution is 2.31.